The third-order valence-corrected chi connectivity index (χ3v) is 3.90. The number of aromatic nitrogens is 4. The maximum absolute atomic E-state index is 12.0. The molecule has 0 radical (unpaired) electrons. The van der Waals surface area contributed by atoms with Crippen LogP contribution in [0.15, 0.2) is 0 Å². The molecule has 2 N–H and O–H groups in total. The van der Waals surface area contributed by atoms with E-state index in [9.17, 15) is 4.79 Å². The summed E-state index contributed by atoms with van der Waals surface area (Å²) >= 11 is 0. The van der Waals surface area contributed by atoms with Gasteiger partial charge in [-0.05, 0) is 42.2 Å². The maximum atomic E-state index is 12.0. The molecule has 1 saturated carbocycles. The summed E-state index contributed by atoms with van der Waals surface area (Å²) < 4.78 is 0. The van der Waals surface area contributed by atoms with Crippen molar-refractivity contribution >= 4 is 11.9 Å². The van der Waals surface area contributed by atoms with E-state index in [1.54, 1.807) is 0 Å². The average Bonchev–Trinajstić information content (AvgIpc) is 2.81. The Morgan fingerprint density at radius 3 is 2.44 bits per heavy atom. The van der Waals surface area contributed by atoms with E-state index >= 15 is 0 Å². The summed E-state index contributed by atoms with van der Waals surface area (Å²) in [5, 5.41) is 15.9. The van der Waals surface area contributed by atoms with Crippen molar-refractivity contribution in [3.8, 4) is 0 Å². The number of hydrogen-bond donors (Lipinski definition) is 2. The fourth-order valence-corrected chi connectivity index (χ4v) is 2.65. The normalized spacial score (nSPS) is 24.8. The van der Waals surface area contributed by atoms with Crippen molar-refractivity contribution < 1.29 is 4.79 Å². The van der Waals surface area contributed by atoms with Crippen LogP contribution in [-0.2, 0) is 4.79 Å². The Balaban J connectivity index is 1.84. The number of anilines is 1. The van der Waals surface area contributed by atoms with Crippen LogP contribution in [0.3, 0.4) is 0 Å². The number of hydrogen-bond acceptors (Lipinski definition) is 4. The minimum atomic E-state index is 0.0174. The number of carbonyl (C=O) groups is 1. The van der Waals surface area contributed by atoms with Crippen LogP contribution in [-0.4, -0.2) is 26.5 Å². The first-order chi connectivity index (χ1) is 8.47. The molecule has 100 valence electrons. The highest BCUT2D eigenvalue weighted by Crippen LogP contribution is 2.39. The Hall–Kier alpha value is -1.46. The Morgan fingerprint density at radius 2 is 1.94 bits per heavy atom. The molecule has 0 atom stereocenters. The first-order valence-corrected chi connectivity index (χ1v) is 6.51. The van der Waals surface area contributed by atoms with Crippen molar-refractivity contribution in [2.75, 3.05) is 5.32 Å². The SMILES string of the molecule is CC(C)(C)C1CCC(C(=O)Nc2nn[nH]n2)CC1. The van der Waals surface area contributed by atoms with Gasteiger partial charge in [0, 0.05) is 5.92 Å². The highest BCUT2D eigenvalue weighted by Gasteiger charge is 2.32. The molecular weight excluding hydrogens is 230 g/mol. The zero-order valence-corrected chi connectivity index (χ0v) is 11.2. The molecule has 0 unspecified atom stereocenters. The number of nitrogens with zero attached hydrogens (tertiary/aromatic N) is 3. The molecule has 0 saturated heterocycles. The van der Waals surface area contributed by atoms with Gasteiger partial charge in [0.05, 0.1) is 0 Å². The summed E-state index contributed by atoms with van der Waals surface area (Å²) in [5.74, 6) is 1.08. The van der Waals surface area contributed by atoms with Gasteiger partial charge in [-0.15, -0.1) is 5.10 Å². The van der Waals surface area contributed by atoms with Crippen molar-refractivity contribution in [2.24, 2.45) is 17.3 Å². The number of nitrogens with one attached hydrogen (secondary N) is 2. The Bertz CT molecular complexity index is 387. The summed E-state index contributed by atoms with van der Waals surface area (Å²) in [6.07, 6.45) is 4.14. The molecule has 1 aromatic rings. The van der Waals surface area contributed by atoms with Gasteiger partial charge in [0.2, 0.25) is 5.91 Å². The zero-order valence-electron chi connectivity index (χ0n) is 11.2. The molecule has 18 heavy (non-hydrogen) atoms. The van der Waals surface area contributed by atoms with Crippen LogP contribution < -0.4 is 5.32 Å². The van der Waals surface area contributed by atoms with Gasteiger partial charge in [-0.25, -0.2) is 0 Å². The summed E-state index contributed by atoms with van der Waals surface area (Å²) in [4.78, 5) is 12.0. The predicted molar refractivity (Wildman–Crippen MR) is 67.7 cm³/mol. The summed E-state index contributed by atoms with van der Waals surface area (Å²) in [7, 11) is 0. The summed E-state index contributed by atoms with van der Waals surface area (Å²) in [5.41, 5.74) is 0.342. The third-order valence-electron chi connectivity index (χ3n) is 3.90. The highest BCUT2D eigenvalue weighted by atomic mass is 16.2. The Morgan fingerprint density at radius 1 is 1.28 bits per heavy atom. The summed E-state index contributed by atoms with van der Waals surface area (Å²) in [6.45, 7) is 6.83. The lowest BCUT2D eigenvalue weighted by Gasteiger charge is -2.36. The third kappa shape index (κ3) is 3.05. The monoisotopic (exact) mass is 251 g/mol. The van der Waals surface area contributed by atoms with Crippen LogP contribution in [0.25, 0.3) is 0 Å². The van der Waals surface area contributed by atoms with Crippen molar-refractivity contribution in [1.29, 1.82) is 0 Å². The minimum absolute atomic E-state index is 0.0174. The second-order valence-electron chi connectivity index (χ2n) is 6.14. The van der Waals surface area contributed by atoms with Crippen LogP contribution in [0.2, 0.25) is 0 Å². The maximum Gasteiger partial charge on any atom is 0.269 e. The van der Waals surface area contributed by atoms with E-state index in [2.05, 4.69) is 46.7 Å². The second kappa shape index (κ2) is 5.04. The quantitative estimate of drug-likeness (QED) is 0.842. The number of tetrazole rings is 1. The van der Waals surface area contributed by atoms with E-state index < -0.39 is 0 Å². The lowest BCUT2D eigenvalue weighted by atomic mass is 9.70. The number of rotatable bonds is 2. The number of carbonyl (C=O) groups excluding carboxylic acids is 1. The van der Waals surface area contributed by atoms with Crippen molar-refractivity contribution in [3.63, 3.8) is 0 Å². The van der Waals surface area contributed by atoms with Gasteiger partial charge < -0.3 is 0 Å². The van der Waals surface area contributed by atoms with E-state index in [1.165, 1.54) is 0 Å². The minimum Gasteiger partial charge on any atom is -0.292 e. The Labute approximate surface area is 107 Å². The smallest absolute Gasteiger partial charge is 0.269 e. The van der Waals surface area contributed by atoms with E-state index in [0.717, 1.165) is 25.7 Å². The number of aromatic amines is 1. The Kier molecular flexibility index (Phi) is 3.63. The van der Waals surface area contributed by atoms with Gasteiger partial charge in [0.25, 0.3) is 5.95 Å². The van der Waals surface area contributed by atoms with Crippen LogP contribution >= 0.6 is 0 Å². The second-order valence-corrected chi connectivity index (χ2v) is 6.14. The molecule has 0 bridgehead atoms. The molecule has 1 fully saturated rings. The molecule has 6 heteroatoms. The van der Waals surface area contributed by atoms with Gasteiger partial charge >= 0.3 is 0 Å². The first kappa shape index (κ1) is 13.0. The largest absolute Gasteiger partial charge is 0.292 e. The van der Waals surface area contributed by atoms with E-state index in [0.29, 0.717) is 11.3 Å². The van der Waals surface area contributed by atoms with Crippen LogP contribution in [0.1, 0.15) is 46.5 Å². The van der Waals surface area contributed by atoms with Gasteiger partial charge in [0.1, 0.15) is 0 Å². The van der Waals surface area contributed by atoms with Gasteiger partial charge in [0.15, 0.2) is 0 Å². The number of H-pyrrole nitrogens is 1. The van der Waals surface area contributed by atoms with E-state index in [1.807, 2.05) is 0 Å². The van der Waals surface area contributed by atoms with Gasteiger partial charge in [-0.1, -0.05) is 25.9 Å². The molecule has 1 amide bonds. The van der Waals surface area contributed by atoms with Crippen LogP contribution in [0.5, 0.6) is 0 Å². The molecule has 0 aliphatic heterocycles. The molecular formula is C12H21N5O. The van der Waals surface area contributed by atoms with Gasteiger partial charge in [-0.2, -0.15) is 5.21 Å². The van der Waals surface area contributed by atoms with Crippen LogP contribution in [0, 0.1) is 17.3 Å². The van der Waals surface area contributed by atoms with Gasteiger partial charge in [-0.3, -0.25) is 10.1 Å². The lowest BCUT2D eigenvalue weighted by Crippen LogP contribution is -2.31. The molecule has 1 aromatic heterocycles. The highest BCUT2D eigenvalue weighted by molar-refractivity contribution is 5.90. The number of amides is 1. The molecule has 1 aliphatic carbocycles. The standard InChI is InChI=1S/C12H21N5O/c1-12(2,3)9-6-4-8(5-7-9)10(18)13-11-14-16-17-15-11/h8-9H,4-7H2,1-3H3,(H2,13,14,15,16,17,18). The predicted octanol–water partition coefficient (Wildman–Crippen LogP) is 1.99. The molecule has 0 spiro atoms. The fraction of sp³-hybridized carbons (Fsp3) is 0.833. The molecule has 6 nitrogen and oxygen atoms in total. The topological polar surface area (TPSA) is 83.6 Å². The van der Waals surface area contributed by atoms with E-state index in [4.69, 9.17) is 0 Å². The first-order valence-electron chi connectivity index (χ1n) is 6.51. The molecule has 0 aromatic carbocycles. The molecule has 2 rings (SSSR count). The lowest BCUT2D eigenvalue weighted by molar-refractivity contribution is -0.121. The van der Waals surface area contributed by atoms with Crippen molar-refractivity contribution in [2.45, 2.75) is 46.5 Å². The summed E-state index contributed by atoms with van der Waals surface area (Å²) in [6, 6.07) is 0. The average molecular weight is 251 g/mol. The van der Waals surface area contributed by atoms with Crippen molar-refractivity contribution in [1.82, 2.24) is 20.6 Å². The molecule has 1 heterocycles. The van der Waals surface area contributed by atoms with E-state index in [-0.39, 0.29) is 17.8 Å². The zero-order chi connectivity index (χ0) is 13.2. The molecule has 1 aliphatic rings. The van der Waals surface area contributed by atoms with Crippen LogP contribution in [0.4, 0.5) is 5.95 Å². The van der Waals surface area contributed by atoms with Crippen molar-refractivity contribution in [3.05, 3.63) is 0 Å². The fourth-order valence-electron chi connectivity index (χ4n) is 2.65.